The third kappa shape index (κ3) is 8.27. The van der Waals surface area contributed by atoms with Crippen LogP contribution in [0.5, 0.6) is 0 Å². The largest absolute Gasteiger partial charge is 0.444 e. The number of likely N-dealkylation sites (tertiary alicyclic amines) is 1. The molecular formula is C31H38F5N7O3S. The molecule has 4 heterocycles. The van der Waals surface area contributed by atoms with Gasteiger partial charge in [0, 0.05) is 49.8 Å². The van der Waals surface area contributed by atoms with Crippen LogP contribution < -0.4 is 10.2 Å². The van der Waals surface area contributed by atoms with Crippen molar-refractivity contribution in [2.24, 2.45) is 0 Å². The lowest BCUT2D eigenvalue weighted by atomic mass is 10.1. The summed E-state index contributed by atoms with van der Waals surface area (Å²) in [6.07, 6.45) is -2.10. The van der Waals surface area contributed by atoms with Crippen molar-refractivity contribution in [1.82, 2.24) is 24.8 Å². The molecule has 2 saturated heterocycles. The second-order valence-electron chi connectivity index (χ2n) is 12.7. The zero-order valence-electron chi connectivity index (χ0n) is 26.8. The lowest BCUT2D eigenvalue weighted by molar-refractivity contribution is -0.137. The Morgan fingerprint density at radius 2 is 1.87 bits per heavy atom. The van der Waals surface area contributed by atoms with Gasteiger partial charge < -0.3 is 24.6 Å². The third-order valence-electron chi connectivity index (χ3n) is 8.00. The number of nitrogens with zero attached hydrogens (tertiary/aromatic N) is 6. The number of carbonyl (C=O) groups excluding carboxylic acids is 1. The maximum Gasteiger partial charge on any atom is 0.416 e. The molecule has 0 spiro atoms. The van der Waals surface area contributed by atoms with Gasteiger partial charge in [-0.05, 0) is 65.3 Å². The Morgan fingerprint density at radius 1 is 1.11 bits per heavy atom. The summed E-state index contributed by atoms with van der Waals surface area (Å²) in [7, 11) is 1.50. The van der Waals surface area contributed by atoms with Gasteiger partial charge in [-0.2, -0.15) is 17.6 Å². The fourth-order valence-corrected chi connectivity index (χ4v) is 6.76. The zero-order chi connectivity index (χ0) is 34.1. The van der Waals surface area contributed by atoms with E-state index in [9.17, 15) is 22.4 Å². The van der Waals surface area contributed by atoms with Crippen molar-refractivity contribution in [2.45, 2.75) is 70.9 Å². The number of anilines is 3. The van der Waals surface area contributed by atoms with Crippen LogP contribution in [0.25, 0.3) is 11.3 Å². The van der Waals surface area contributed by atoms with Gasteiger partial charge in [0.25, 0.3) is 0 Å². The third-order valence-corrected chi connectivity index (χ3v) is 8.95. The van der Waals surface area contributed by atoms with Crippen LogP contribution >= 0.6 is 11.3 Å². The first-order valence-electron chi connectivity index (χ1n) is 15.3. The molecule has 47 heavy (non-hydrogen) atoms. The molecule has 0 radical (unpaired) electrons. The SMILES string of the molecule is COC[C@@H]1CN(C(=O)OC(C)(C)C)CCN1c1ncnc(Nc2nc(-c3cc(F)cc(C(F)(F)F)c3)c(CN3CCC[C@H]3C)s2)c1F. The van der Waals surface area contributed by atoms with Gasteiger partial charge in [0.15, 0.2) is 16.8 Å². The molecule has 5 rings (SSSR count). The number of rotatable bonds is 8. The number of aromatic nitrogens is 3. The highest BCUT2D eigenvalue weighted by molar-refractivity contribution is 7.16. The molecule has 2 aliphatic heterocycles. The molecule has 2 aromatic heterocycles. The topological polar surface area (TPSA) is 95.9 Å². The average molecular weight is 684 g/mol. The fraction of sp³-hybridized carbons (Fsp3) is 0.548. The number of amides is 1. The van der Waals surface area contributed by atoms with Gasteiger partial charge in [-0.15, -0.1) is 0 Å². The van der Waals surface area contributed by atoms with Crippen LogP contribution in [0.15, 0.2) is 24.5 Å². The van der Waals surface area contributed by atoms with Gasteiger partial charge in [0.2, 0.25) is 5.82 Å². The predicted octanol–water partition coefficient (Wildman–Crippen LogP) is 6.70. The van der Waals surface area contributed by atoms with Crippen molar-refractivity contribution in [3.63, 3.8) is 0 Å². The molecule has 1 N–H and O–H groups in total. The summed E-state index contributed by atoms with van der Waals surface area (Å²) in [6, 6.07) is 2.13. The number of ether oxygens (including phenoxy) is 2. The minimum Gasteiger partial charge on any atom is -0.444 e. The lowest BCUT2D eigenvalue weighted by Gasteiger charge is -2.42. The Balaban J connectivity index is 1.44. The standard InChI is InChI=1S/C31H38F5N7O3S/c1-18-7-6-8-41(18)15-23-25(19-11-20(31(34,35)36)13-21(32)12-19)39-28(47-23)40-26-24(33)27(38-17-37-26)43-10-9-42(14-22(43)16-45-5)29(44)46-30(2,3)4/h11-13,17-18,22H,6-10,14-16H2,1-5H3,(H,37,38,39,40)/t18-,22+/m1/s1. The monoisotopic (exact) mass is 683 g/mol. The second kappa shape index (κ2) is 13.8. The predicted molar refractivity (Wildman–Crippen MR) is 168 cm³/mol. The summed E-state index contributed by atoms with van der Waals surface area (Å²) in [5.41, 5.74) is -1.66. The number of methoxy groups -OCH3 is 1. The Hall–Kier alpha value is -3.63. The van der Waals surface area contributed by atoms with E-state index in [4.69, 9.17) is 9.47 Å². The zero-order valence-corrected chi connectivity index (χ0v) is 27.6. The van der Waals surface area contributed by atoms with Crippen LogP contribution in [-0.4, -0.2) is 88.4 Å². The van der Waals surface area contributed by atoms with Gasteiger partial charge in [0.1, 0.15) is 17.7 Å². The average Bonchev–Trinajstić information content (AvgIpc) is 3.58. The van der Waals surface area contributed by atoms with E-state index in [1.54, 1.807) is 30.6 Å². The van der Waals surface area contributed by atoms with Crippen LogP contribution in [0.1, 0.15) is 51.0 Å². The van der Waals surface area contributed by atoms with E-state index >= 15 is 4.39 Å². The van der Waals surface area contributed by atoms with Crippen LogP contribution in [-0.2, 0) is 22.2 Å². The van der Waals surface area contributed by atoms with E-state index in [1.165, 1.54) is 13.4 Å². The number of piperazine rings is 1. The first-order valence-corrected chi connectivity index (χ1v) is 16.1. The summed E-state index contributed by atoms with van der Waals surface area (Å²) in [5.74, 6) is -2.04. The van der Waals surface area contributed by atoms with Gasteiger partial charge in [-0.3, -0.25) is 4.90 Å². The molecule has 0 saturated carbocycles. The van der Waals surface area contributed by atoms with E-state index in [1.807, 2.05) is 0 Å². The minimum absolute atomic E-state index is 0.0174. The highest BCUT2D eigenvalue weighted by Gasteiger charge is 2.35. The molecular weight excluding hydrogens is 645 g/mol. The number of carbonyl (C=O) groups is 1. The van der Waals surface area contributed by atoms with Crippen molar-refractivity contribution in [3.8, 4) is 11.3 Å². The molecule has 2 atom stereocenters. The normalized spacial score (nSPS) is 19.4. The smallest absolute Gasteiger partial charge is 0.416 e. The quantitative estimate of drug-likeness (QED) is 0.261. The summed E-state index contributed by atoms with van der Waals surface area (Å²) < 4.78 is 82.1. The molecule has 2 fully saturated rings. The van der Waals surface area contributed by atoms with Gasteiger partial charge in [-0.1, -0.05) is 11.3 Å². The van der Waals surface area contributed by atoms with Crippen LogP contribution in [0, 0.1) is 11.6 Å². The lowest BCUT2D eigenvalue weighted by Crippen LogP contribution is -2.57. The number of halogens is 5. The molecule has 2 aliphatic rings. The summed E-state index contributed by atoms with van der Waals surface area (Å²) in [4.78, 5) is 31.5. The molecule has 16 heteroatoms. The molecule has 1 amide bonds. The Morgan fingerprint density at radius 3 is 2.53 bits per heavy atom. The highest BCUT2D eigenvalue weighted by atomic mass is 32.1. The molecule has 0 bridgehead atoms. The maximum atomic E-state index is 16.1. The van der Waals surface area contributed by atoms with Crippen LogP contribution in [0.3, 0.4) is 0 Å². The number of nitrogens with one attached hydrogen (secondary N) is 1. The van der Waals surface area contributed by atoms with Gasteiger partial charge >= 0.3 is 12.3 Å². The van der Waals surface area contributed by atoms with Crippen molar-refractivity contribution in [2.75, 3.05) is 50.1 Å². The Bertz CT molecular complexity index is 1580. The van der Waals surface area contributed by atoms with Crippen molar-refractivity contribution in [1.29, 1.82) is 0 Å². The number of thiazole rings is 1. The molecule has 0 unspecified atom stereocenters. The van der Waals surface area contributed by atoms with E-state index in [2.05, 4.69) is 32.1 Å². The summed E-state index contributed by atoms with van der Waals surface area (Å²) in [6.45, 7) is 9.44. The molecule has 1 aromatic carbocycles. The Labute approximate surface area is 273 Å². The van der Waals surface area contributed by atoms with E-state index in [0.717, 1.165) is 42.9 Å². The van der Waals surface area contributed by atoms with Crippen LogP contribution in [0.4, 0.5) is 43.5 Å². The van der Waals surface area contributed by atoms with Gasteiger partial charge in [0.05, 0.1) is 23.9 Å². The highest BCUT2D eigenvalue weighted by Crippen LogP contribution is 2.39. The first kappa shape index (κ1) is 34.7. The minimum atomic E-state index is -4.75. The van der Waals surface area contributed by atoms with Crippen molar-refractivity contribution < 1.29 is 36.2 Å². The van der Waals surface area contributed by atoms with Crippen LogP contribution in [0.2, 0.25) is 0 Å². The van der Waals surface area contributed by atoms with E-state index < -0.39 is 41.1 Å². The van der Waals surface area contributed by atoms with E-state index in [0.29, 0.717) is 17.5 Å². The van der Waals surface area contributed by atoms with Gasteiger partial charge in [-0.25, -0.2) is 24.1 Å². The molecule has 10 nitrogen and oxygen atoms in total. The first-order chi connectivity index (χ1) is 22.1. The number of alkyl halides is 3. The second-order valence-corrected chi connectivity index (χ2v) is 13.8. The van der Waals surface area contributed by atoms with Crippen molar-refractivity contribution >= 4 is 34.2 Å². The molecule has 0 aliphatic carbocycles. The number of hydrogen-bond donors (Lipinski definition) is 1. The maximum absolute atomic E-state index is 16.1. The molecule has 256 valence electrons. The fourth-order valence-electron chi connectivity index (χ4n) is 5.75. The number of benzene rings is 1. The number of hydrogen-bond acceptors (Lipinski definition) is 10. The van der Waals surface area contributed by atoms with Crippen molar-refractivity contribution in [3.05, 3.63) is 46.6 Å². The summed E-state index contributed by atoms with van der Waals surface area (Å²) >= 11 is 1.14. The summed E-state index contributed by atoms with van der Waals surface area (Å²) in [5, 5.41) is 3.05. The Kier molecular flexibility index (Phi) is 10.2. The molecule has 3 aromatic rings. The van der Waals surface area contributed by atoms with E-state index in [-0.39, 0.29) is 60.3 Å².